The van der Waals surface area contributed by atoms with Crippen LogP contribution in [-0.2, 0) is 10.0 Å². The van der Waals surface area contributed by atoms with E-state index in [1.165, 1.54) is 0 Å². The SMILES string of the molecule is O=S(=O)(/N=C(\[O-])c1c(F)cc(Br)cc1F)C(F)(F)F. The molecule has 0 radical (unpaired) electrons. The fourth-order valence-electron chi connectivity index (χ4n) is 0.953. The van der Waals surface area contributed by atoms with Gasteiger partial charge in [0.25, 0.3) is 0 Å². The Morgan fingerprint density at radius 2 is 1.63 bits per heavy atom. The highest BCUT2D eigenvalue weighted by Crippen LogP contribution is 2.26. The summed E-state index contributed by atoms with van der Waals surface area (Å²) >= 11 is 2.67. The van der Waals surface area contributed by atoms with Crippen molar-refractivity contribution >= 4 is 31.9 Å². The van der Waals surface area contributed by atoms with Gasteiger partial charge in [-0.15, -0.1) is 0 Å². The lowest BCUT2D eigenvalue weighted by Gasteiger charge is -2.13. The Kier molecular flexibility index (Phi) is 4.20. The Morgan fingerprint density at radius 1 is 1.21 bits per heavy atom. The van der Waals surface area contributed by atoms with Crippen molar-refractivity contribution in [3.05, 3.63) is 33.8 Å². The zero-order valence-electron chi connectivity index (χ0n) is 8.50. The molecular weight excluding hydrogens is 365 g/mol. The molecule has 1 aromatic rings. The third kappa shape index (κ3) is 3.41. The minimum Gasteiger partial charge on any atom is -0.857 e. The van der Waals surface area contributed by atoms with E-state index in [9.17, 15) is 35.5 Å². The van der Waals surface area contributed by atoms with Gasteiger partial charge in [0.2, 0.25) is 0 Å². The van der Waals surface area contributed by atoms with Crippen LogP contribution in [0.4, 0.5) is 22.0 Å². The highest BCUT2D eigenvalue weighted by atomic mass is 79.9. The van der Waals surface area contributed by atoms with Gasteiger partial charge in [0.15, 0.2) is 0 Å². The van der Waals surface area contributed by atoms with Crippen molar-refractivity contribution < 1.29 is 35.5 Å². The van der Waals surface area contributed by atoms with Crippen LogP contribution in [0.2, 0.25) is 0 Å². The van der Waals surface area contributed by atoms with Crippen molar-refractivity contribution in [1.82, 2.24) is 0 Å². The van der Waals surface area contributed by atoms with Crippen molar-refractivity contribution in [3.8, 4) is 0 Å². The number of halogens is 6. The van der Waals surface area contributed by atoms with E-state index in [1.54, 1.807) is 0 Å². The molecule has 0 amide bonds. The Labute approximate surface area is 111 Å². The van der Waals surface area contributed by atoms with Gasteiger partial charge >= 0.3 is 15.5 Å². The molecule has 0 aliphatic rings. The molecule has 0 unspecified atom stereocenters. The second-order valence-corrected chi connectivity index (χ2v) is 5.57. The Hall–Kier alpha value is -1.23. The molecule has 4 nitrogen and oxygen atoms in total. The van der Waals surface area contributed by atoms with Crippen LogP contribution in [-0.4, -0.2) is 19.8 Å². The predicted molar refractivity (Wildman–Crippen MR) is 55.6 cm³/mol. The second kappa shape index (κ2) is 5.04. The maximum Gasteiger partial charge on any atom is 0.518 e. The van der Waals surface area contributed by atoms with Crippen LogP contribution in [0.15, 0.2) is 21.0 Å². The predicted octanol–water partition coefficient (Wildman–Crippen LogP) is 1.68. The molecule has 0 spiro atoms. The normalized spacial score (nSPS) is 13.7. The first-order valence-electron chi connectivity index (χ1n) is 4.19. The summed E-state index contributed by atoms with van der Waals surface area (Å²) in [6, 6.07) is 1.15. The lowest BCUT2D eigenvalue weighted by Crippen LogP contribution is -2.28. The van der Waals surface area contributed by atoms with Crippen molar-refractivity contribution in [2.24, 2.45) is 4.40 Å². The average Bonchev–Trinajstić information content (AvgIpc) is 2.12. The number of hydrogen-bond acceptors (Lipinski definition) is 3. The summed E-state index contributed by atoms with van der Waals surface area (Å²) in [6.45, 7) is 0. The van der Waals surface area contributed by atoms with E-state index in [2.05, 4.69) is 15.9 Å². The van der Waals surface area contributed by atoms with E-state index in [4.69, 9.17) is 0 Å². The number of sulfonamides is 1. The molecule has 0 aliphatic carbocycles. The summed E-state index contributed by atoms with van der Waals surface area (Å²) in [5.41, 5.74) is -7.32. The van der Waals surface area contributed by atoms with E-state index in [0.717, 1.165) is 0 Å². The zero-order valence-corrected chi connectivity index (χ0v) is 10.9. The van der Waals surface area contributed by atoms with Gasteiger partial charge in [0.05, 0.1) is 5.56 Å². The van der Waals surface area contributed by atoms with E-state index >= 15 is 0 Å². The van der Waals surface area contributed by atoms with Crippen molar-refractivity contribution in [3.63, 3.8) is 0 Å². The molecule has 106 valence electrons. The monoisotopic (exact) mass is 366 g/mol. The molecule has 1 aromatic carbocycles. The summed E-state index contributed by atoms with van der Waals surface area (Å²) in [4.78, 5) is 0. The van der Waals surface area contributed by atoms with E-state index < -0.39 is 38.6 Å². The smallest absolute Gasteiger partial charge is 0.518 e. The zero-order chi connectivity index (χ0) is 15.0. The largest absolute Gasteiger partial charge is 0.857 e. The minimum atomic E-state index is -6.16. The van der Waals surface area contributed by atoms with Crippen LogP contribution in [0.3, 0.4) is 0 Å². The first-order valence-corrected chi connectivity index (χ1v) is 6.42. The van der Waals surface area contributed by atoms with Gasteiger partial charge in [-0.3, -0.25) is 0 Å². The lowest BCUT2D eigenvalue weighted by atomic mass is 10.2. The highest BCUT2D eigenvalue weighted by molar-refractivity contribution is 9.10. The summed E-state index contributed by atoms with van der Waals surface area (Å²) < 4.78 is 85.1. The third-order valence-corrected chi connectivity index (χ3v) is 3.17. The topological polar surface area (TPSA) is 69.6 Å². The first-order chi connectivity index (χ1) is 8.45. The molecule has 0 saturated heterocycles. The fraction of sp³-hybridized carbons (Fsp3) is 0.125. The molecule has 11 heteroatoms. The number of rotatable bonds is 2. The second-order valence-electron chi connectivity index (χ2n) is 3.06. The Bertz CT molecular complexity index is 617. The third-order valence-electron chi connectivity index (χ3n) is 1.72. The molecule has 0 bridgehead atoms. The minimum absolute atomic E-state index is 0.127. The molecule has 19 heavy (non-hydrogen) atoms. The van der Waals surface area contributed by atoms with Crippen LogP contribution < -0.4 is 5.11 Å². The molecular formula is C8H2BrF5NO3S-. The Balaban J connectivity index is 3.41. The van der Waals surface area contributed by atoms with Gasteiger partial charge in [-0.05, 0) is 12.1 Å². The van der Waals surface area contributed by atoms with Gasteiger partial charge in [-0.25, -0.2) is 8.78 Å². The van der Waals surface area contributed by atoms with Crippen molar-refractivity contribution in [2.75, 3.05) is 0 Å². The van der Waals surface area contributed by atoms with Crippen LogP contribution in [0.5, 0.6) is 0 Å². The van der Waals surface area contributed by atoms with Crippen LogP contribution in [0, 0.1) is 11.6 Å². The number of alkyl halides is 3. The molecule has 0 aliphatic heterocycles. The Morgan fingerprint density at radius 3 is 2.00 bits per heavy atom. The summed E-state index contributed by atoms with van der Waals surface area (Å²) in [5.74, 6) is -5.27. The van der Waals surface area contributed by atoms with Crippen LogP contribution in [0.1, 0.15) is 5.56 Å². The summed E-state index contributed by atoms with van der Waals surface area (Å²) in [6.07, 6.45) is 0. The molecule has 0 saturated carbocycles. The lowest BCUT2D eigenvalue weighted by molar-refractivity contribution is -0.212. The molecule has 1 rings (SSSR count). The first kappa shape index (κ1) is 15.8. The molecule has 0 fully saturated rings. The number of nitrogens with zero attached hydrogens (tertiary/aromatic N) is 1. The van der Waals surface area contributed by atoms with Crippen molar-refractivity contribution in [2.45, 2.75) is 5.51 Å². The van der Waals surface area contributed by atoms with Crippen molar-refractivity contribution in [1.29, 1.82) is 0 Å². The summed E-state index contributed by atoms with van der Waals surface area (Å²) in [5, 5.41) is 11.1. The number of hydrogen-bond donors (Lipinski definition) is 0. The highest BCUT2D eigenvalue weighted by Gasteiger charge is 2.45. The number of benzene rings is 1. The quantitative estimate of drug-likeness (QED) is 0.454. The standard InChI is InChI=1S/C8H3BrF5NO3S/c9-3-1-4(10)6(5(11)2-3)7(16)15-19(17,18)8(12,13)14/h1-2H,(H,15,16)/p-1. The maximum absolute atomic E-state index is 13.2. The molecule has 0 aromatic heterocycles. The fourth-order valence-corrected chi connectivity index (χ4v) is 1.77. The average molecular weight is 367 g/mol. The molecule has 0 atom stereocenters. The molecule has 0 heterocycles. The van der Waals surface area contributed by atoms with E-state index in [-0.39, 0.29) is 4.47 Å². The van der Waals surface area contributed by atoms with Gasteiger partial charge in [0, 0.05) is 10.4 Å². The summed E-state index contributed by atoms with van der Waals surface area (Å²) in [7, 11) is -6.16. The van der Waals surface area contributed by atoms with Crippen LogP contribution in [0.25, 0.3) is 0 Å². The van der Waals surface area contributed by atoms with Gasteiger partial charge < -0.3 is 5.11 Å². The van der Waals surface area contributed by atoms with Gasteiger partial charge in [0.1, 0.15) is 11.6 Å². The molecule has 0 N–H and O–H groups in total. The van der Waals surface area contributed by atoms with Gasteiger partial charge in [-0.1, -0.05) is 15.9 Å². The van der Waals surface area contributed by atoms with E-state index in [0.29, 0.717) is 12.1 Å². The maximum atomic E-state index is 13.2. The van der Waals surface area contributed by atoms with Crippen LogP contribution >= 0.6 is 15.9 Å². The van der Waals surface area contributed by atoms with Gasteiger partial charge in [-0.2, -0.15) is 26.0 Å². The van der Waals surface area contributed by atoms with E-state index in [1.807, 2.05) is 4.40 Å².